The summed E-state index contributed by atoms with van der Waals surface area (Å²) in [6.07, 6.45) is 5.53. The van der Waals surface area contributed by atoms with Crippen molar-refractivity contribution >= 4 is 5.91 Å². The van der Waals surface area contributed by atoms with Crippen LogP contribution in [0.2, 0.25) is 0 Å². The minimum absolute atomic E-state index is 0.00287. The van der Waals surface area contributed by atoms with Gasteiger partial charge in [0.2, 0.25) is 17.6 Å². The molecule has 2 aromatic heterocycles. The molecule has 22 heavy (non-hydrogen) atoms. The second-order valence-corrected chi connectivity index (χ2v) is 5.59. The first-order valence-electron chi connectivity index (χ1n) is 7.62. The van der Waals surface area contributed by atoms with Gasteiger partial charge in [0.15, 0.2) is 5.76 Å². The van der Waals surface area contributed by atoms with Crippen molar-refractivity contribution in [3.8, 4) is 11.6 Å². The summed E-state index contributed by atoms with van der Waals surface area (Å²) >= 11 is 0. The SMILES string of the molecule is NCC1CCCC1NC(=O)CCc1nc(-c2ccco2)no1. The number of aryl methyl sites for hydroxylation is 1. The number of carbonyl (C=O) groups excluding carboxylic acids is 1. The molecule has 2 unspecified atom stereocenters. The third-order valence-corrected chi connectivity index (χ3v) is 4.08. The maximum atomic E-state index is 12.0. The molecule has 0 spiro atoms. The van der Waals surface area contributed by atoms with Crippen molar-refractivity contribution in [2.45, 2.75) is 38.1 Å². The highest BCUT2D eigenvalue weighted by atomic mass is 16.5. The first-order valence-corrected chi connectivity index (χ1v) is 7.62. The molecule has 7 heteroatoms. The molecule has 0 saturated heterocycles. The first-order chi connectivity index (χ1) is 10.8. The third kappa shape index (κ3) is 3.36. The average Bonchev–Trinajstić information content (AvgIpc) is 3.25. The van der Waals surface area contributed by atoms with Crippen LogP contribution in [0.25, 0.3) is 11.6 Å². The predicted octanol–water partition coefficient (Wildman–Crippen LogP) is 1.51. The highest BCUT2D eigenvalue weighted by Gasteiger charge is 2.27. The number of nitrogens with zero attached hydrogens (tertiary/aromatic N) is 2. The minimum atomic E-state index is 0.00287. The standard InChI is InChI=1S/C15H20N4O3/c16-9-10-3-1-4-11(10)17-13(20)6-7-14-18-15(19-22-14)12-5-2-8-21-12/h2,5,8,10-11H,1,3-4,6-7,9,16H2,(H,17,20). The van der Waals surface area contributed by atoms with Gasteiger partial charge in [0, 0.05) is 18.9 Å². The molecule has 2 aromatic rings. The van der Waals surface area contributed by atoms with Crippen molar-refractivity contribution in [3.05, 3.63) is 24.3 Å². The van der Waals surface area contributed by atoms with Crippen molar-refractivity contribution in [1.29, 1.82) is 0 Å². The highest BCUT2D eigenvalue weighted by molar-refractivity contribution is 5.76. The van der Waals surface area contributed by atoms with E-state index in [9.17, 15) is 4.79 Å². The molecule has 0 radical (unpaired) electrons. The summed E-state index contributed by atoms with van der Waals surface area (Å²) in [5.41, 5.74) is 5.72. The Morgan fingerprint density at radius 2 is 2.36 bits per heavy atom. The summed E-state index contributed by atoms with van der Waals surface area (Å²) < 4.78 is 10.3. The van der Waals surface area contributed by atoms with E-state index < -0.39 is 0 Å². The first kappa shape index (κ1) is 14.8. The zero-order chi connectivity index (χ0) is 15.4. The maximum absolute atomic E-state index is 12.0. The van der Waals surface area contributed by atoms with Gasteiger partial charge in [0.1, 0.15) is 0 Å². The molecule has 1 aliphatic carbocycles. The topological polar surface area (TPSA) is 107 Å². The molecule has 2 heterocycles. The van der Waals surface area contributed by atoms with Crippen LogP contribution in [0.1, 0.15) is 31.6 Å². The molecule has 1 aliphatic rings. The predicted molar refractivity (Wildman–Crippen MR) is 78.6 cm³/mol. The Morgan fingerprint density at radius 3 is 3.14 bits per heavy atom. The summed E-state index contributed by atoms with van der Waals surface area (Å²) in [6, 6.07) is 3.72. The highest BCUT2D eigenvalue weighted by Crippen LogP contribution is 2.24. The summed E-state index contributed by atoms with van der Waals surface area (Å²) in [4.78, 5) is 16.2. The molecule has 0 aromatic carbocycles. The summed E-state index contributed by atoms with van der Waals surface area (Å²) in [5, 5.41) is 6.89. The molecule has 0 bridgehead atoms. The lowest BCUT2D eigenvalue weighted by Crippen LogP contribution is -2.39. The van der Waals surface area contributed by atoms with E-state index in [1.165, 1.54) is 0 Å². The van der Waals surface area contributed by atoms with Crippen LogP contribution in [-0.2, 0) is 11.2 Å². The van der Waals surface area contributed by atoms with Crippen LogP contribution in [0.4, 0.5) is 0 Å². The van der Waals surface area contributed by atoms with Crippen LogP contribution in [0.15, 0.2) is 27.3 Å². The Bertz CT molecular complexity index is 608. The lowest BCUT2D eigenvalue weighted by Gasteiger charge is -2.19. The van der Waals surface area contributed by atoms with Gasteiger partial charge in [-0.3, -0.25) is 4.79 Å². The van der Waals surface area contributed by atoms with Gasteiger partial charge < -0.3 is 20.0 Å². The van der Waals surface area contributed by atoms with Crippen LogP contribution >= 0.6 is 0 Å². The van der Waals surface area contributed by atoms with Crippen LogP contribution in [-0.4, -0.2) is 28.6 Å². The Morgan fingerprint density at radius 1 is 1.45 bits per heavy atom. The molecule has 0 aliphatic heterocycles. The van der Waals surface area contributed by atoms with E-state index in [0.717, 1.165) is 19.3 Å². The molecule has 3 rings (SSSR count). The smallest absolute Gasteiger partial charge is 0.238 e. The number of nitrogens with two attached hydrogens (primary N) is 1. The van der Waals surface area contributed by atoms with Gasteiger partial charge in [-0.2, -0.15) is 4.98 Å². The van der Waals surface area contributed by atoms with E-state index in [-0.39, 0.29) is 11.9 Å². The molecule has 118 valence electrons. The summed E-state index contributed by atoms with van der Waals surface area (Å²) in [6.45, 7) is 0.626. The number of aromatic nitrogens is 2. The summed E-state index contributed by atoms with van der Waals surface area (Å²) in [7, 11) is 0. The number of amides is 1. The van der Waals surface area contributed by atoms with Gasteiger partial charge >= 0.3 is 0 Å². The van der Waals surface area contributed by atoms with Crippen LogP contribution in [0, 0.1) is 5.92 Å². The molecule has 1 saturated carbocycles. The van der Waals surface area contributed by atoms with Gasteiger partial charge in [-0.15, -0.1) is 0 Å². The third-order valence-electron chi connectivity index (χ3n) is 4.08. The van der Waals surface area contributed by atoms with Crippen LogP contribution < -0.4 is 11.1 Å². The molecular weight excluding hydrogens is 284 g/mol. The number of furan rings is 1. The largest absolute Gasteiger partial charge is 0.461 e. The van der Waals surface area contributed by atoms with Crippen LogP contribution in [0.3, 0.4) is 0 Å². The van der Waals surface area contributed by atoms with Crippen molar-refractivity contribution in [1.82, 2.24) is 15.5 Å². The summed E-state index contributed by atoms with van der Waals surface area (Å²) in [5.74, 6) is 1.79. The quantitative estimate of drug-likeness (QED) is 0.837. The van der Waals surface area contributed by atoms with Crippen LogP contribution in [0.5, 0.6) is 0 Å². The number of hydrogen-bond acceptors (Lipinski definition) is 6. The van der Waals surface area contributed by atoms with Crippen molar-refractivity contribution in [2.24, 2.45) is 11.7 Å². The van der Waals surface area contributed by atoms with Crippen molar-refractivity contribution < 1.29 is 13.7 Å². The molecule has 2 atom stereocenters. The molecule has 7 nitrogen and oxygen atoms in total. The molecule has 3 N–H and O–H groups in total. The zero-order valence-electron chi connectivity index (χ0n) is 12.3. The van der Waals surface area contributed by atoms with Crippen molar-refractivity contribution in [3.63, 3.8) is 0 Å². The molecule has 1 amide bonds. The fraction of sp³-hybridized carbons (Fsp3) is 0.533. The second kappa shape index (κ2) is 6.74. The normalized spacial score (nSPS) is 21.1. The van der Waals surface area contributed by atoms with E-state index in [1.807, 2.05) is 0 Å². The van der Waals surface area contributed by atoms with Gasteiger partial charge in [-0.05, 0) is 37.4 Å². The van der Waals surface area contributed by atoms with Gasteiger partial charge in [0.05, 0.1) is 6.26 Å². The molecular formula is C15H20N4O3. The fourth-order valence-corrected chi connectivity index (χ4v) is 2.87. The van der Waals surface area contributed by atoms with E-state index >= 15 is 0 Å². The number of carbonyl (C=O) groups is 1. The Balaban J connectivity index is 1.49. The Hall–Kier alpha value is -2.15. The number of hydrogen-bond donors (Lipinski definition) is 2. The van der Waals surface area contributed by atoms with Gasteiger partial charge in [-0.25, -0.2) is 0 Å². The van der Waals surface area contributed by atoms with Gasteiger partial charge in [0.25, 0.3) is 0 Å². The number of nitrogens with one attached hydrogen (secondary N) is 1. The molecule has 1 fully saturated rings. The van der Waals surface area contributed by atoms with E-state index in [4.69, 9.17) is 14.7 Å². The lowest BCUT2D eigenvalue weighted by atomic mass is 10.0. The maximum Gasteiger partial charge on any atom is 0.238 e. The van der Waals surface area contributed by atoms with Gasteiger partial charge in [-0.1, -0.05) is 11.6 Å². The average molecular weight is 304 g/mol. The Kier molecular flexibility index (Phi) is 4.53. The minimum Gasteiger partial charge on any atom is -0.461 e. The van der Waals surface area contributed by atoms with E-state index in [1.54, 1.807) is 18.4 Å². The van der Waals surface area contributed by atoms with E-state index in [0.29, 0.717) is 42.8 Å². The van der Waals surface area contributed by atoms with E-state index in [2.05, 4.69) is 15.5 Å². The second-order valence-electron chi connectivity index (χ2n) is 5.59. The zero-order valence-corrected chi connectivity index (χ0v) is 12.3. The Labute approximate surface area is 128 Å². The lowest BCUT2D eigenvalue weighted by molar-refractivity contribution is -0.122. The fourth-order valence-electron chi connectivity index (χ4n) is 2.87. The monoisotopic (exact) mass is 304 g/mol. The van der Waals surface area contributed by atoms with Crippen molar-refractivity contribution in [2.75, 3.05) is 6.54 Å². The number of rotatable bonds is 6.